The lowest BCUT2D eigenvalue weighted by molar-refractivity contribution is 0.303. The Morgan fingerprint density at radius 1 is 0.882 bits per heavy atom. The molecule has 0 aliphatic carbocycles. The van der Waals surface area contributed by atoms with Crippen LogP contribution >= 0.6 is 15.9 Å². The predicted molar refractivity (Wildman–Crippen MR) is 72.6 cm³/mol. The summed E-state index contributed by atoms with van der Waals surface area (Å²) in [6.45, 7) is 7.77. The highest BCUT2D eigenvalue weighted by Gasteiger charge is 2.12. The molecule has 0 aliphatic rings. The van der Waals surface area contributed by atoms with Gasteiger partial charge in [-0.1, -0.05) is 15.9 Å². The lowest BCUT2D eigenvalue weighted by atomic mass is 10.2. The second kappa shape index (κ2) is 7.43. The molecule has 0 N–H and O–H groups in total. The van der Waals surface area contributed by atoms with Crippen LogP contribution in [0, 0.1) is 0 Å². The molecule has 0 amide bonds. The lowest BCUT2D eigenvalue weighted by Gasteiger charge is -2.15. The number of benzene rings is 1. The van der Waals surface area contributed by atoms with Gasteiger partial charge in [0, 0.05) is 23.0 Å². The van der Waals surface area contributed by atoms with Crippen LogP contribution in [0.1, 0.15) is 26.3 Å². The molecule has 0 fully saturated rings. The largest absolute Gasteiger partial charge is 0.494 e. The first-order valence-electron chi connectivity index (χ1n) is 5.88. The first-order valence-corrected chi connectivity index (χ1v) is 7.00. The monoisotopic (exact) mass is 302 g/mol. The van der Waals surface area contributed by atoms with Gasteiger partial charge in [-0.3, -0.25) is 0 Å². The van der Waals surface area contributed by atoms with Crippen molar-refractivity contribution >= 4 is 15.9 Å². The van der Waals surface area contributed by atoms with Crippen LogP contribution in [-0.2, 0) is 5.33 Å². The van der Waals surface area contributed by atoms with Crippen molar-refractivity contribution in [3.8, 4) is 17.2 Å². The average molecular weight is 303 g/mol. The van der Waals surface area contributed by atoms with Crippen molar-refractivity contribution < 1.29 is 14.2 Å². The van der Waals surface area contributed by atoms with E-state index in [-0.39, 0.29) is 0 Å². The molecular weight excluding hydrogens is 284 g/mol. The van der Waals surface area contributed by atoms with E-state index in [9.17, 15) is 0 Å². The minimum absolute atomic E-state index is 0.626. The van der Waals surface area contributed by atoms with Crippen LogP contribution in [0.3, 0.4) is 0 Å². The second-order valence-electron chi connectivity index (χ2n) is 3.33. The van der Waals surface area contributed by atoms with E-state index in [4.69, 9.17) is 14.2 Å². The fourth-order valence-corrected chi connectivity index (χ4v) is 2.10. The van der Waals surface area contributed by atoms with E-state index in [1.165, 1.54) is 0 Å². The minimum atomic E-state index is 0.626. The summed E-state index contributed by atoms with van der Waals surface area (Å²) >= 11 is 3.46. The summed E-state index contributed by atoms with van der Waals surface area (Å²) in [5.41, 5.74) is 1.03. The van der Waals surface area contributed by atoms with Crippen molar-refractivity contribution in [1.82, 2.24) is 0 Å². The first-order chi connectivity index (χ1) is 8.26. The van der Waals surface area contributed by atoms with Gasteiger partial charge < -0.3 is 14.2 Å². The van der Waals surface area contributed by atoms with Crippen molar-refractivity contribution in [1.29, 1.82) is 0 Å². The van der Waals surface area contributed by atoms with Gasteiger partial charge in [-0.15, -0.1) is 0 Å². The summed E-state index contributed by atoms with van der Waals surface area (Å²) in [5, 5.41) is 0.698. The molecule has 0 saturated heterocycles. The van der Waals surface area contributed by atoms with Gasteiger partial charge in [-0.05, 0) is 20.8 Å². The van der Waals surface area contributed by atoms with Gasteiger partial charge in [0.05, 0.1) is 19.8 Å². The van der Waals surface area contributed by atoms with Crippen molar-refractivity contribution in [2.45, 2.75) is 26.1 Å². The standard InChI is InChI=1S/C13H19BrO3/c1-4-15-10-7-12(16-5-2)11(9-14)13(8-10)17-6-3/h7-8H,4-6,9H2,1-3H3. The molecule has 4 heteroatoms. The summed E-state index contributed by atoms with van der Waals surface area (Å²) in [7, 11) is 0. The zero-order chi connectivity index (χ0) is 12.7. The van der Waals surface area contributed by atoms with Crippen molar-refractivity contribution in [3.05, 3.63) is 17.7 Å². The summed E-state index contributed by atoms with van der Waals surface area (Å²) in [6, 6.07) is 3.82. The summed E-state index contributed by atoms with van der Waals surface area (Å²) in [5.74, 6) is 2.42. The number of alkyl halides is 1. The highest BCUT2D eigenvalue weighted by molar-refractivity contribution is 9.08. The molecule has 3 nitrogen and oxygen atoms in total. The number of hydrogen-bond donors (Lipinski definition) is 0. The van der Waals surface area contributed by atoms with E-state index < -0.39 is 0 Å². The Bertz CT molecular complexity index is 326. The highest BCUT2D eigenvalue weighted by Crippen LogP contribution is 2.36. The Labute approximate surface area is 111 Å². The van der Waals surface area contributed by atoms with E-state index in [1.807, 2.05) is 32.9 Å². The Morgan fingerprint density at radius 3 is 1.71 bits per heavy atom. The molecule has 1 aromatic carbocycles. The topological polar surface area (TPSA) is 27.7 Å². The van der Waals surface area contributed by atoms with Crippen molar-refractivity contribution in [3.63, 3.8) is 0 Å². The van der Waals surface area contributed by atoms with Gasteiger partial charge in [0.25, 0.3) is 0 Å². The van der Waals surface area contributed by atoms with Crippen LogP contribution in [-0.4, -0.2) is 19.8 Å². The van der Waals surface area contributed by atoms with Crippen LogP contribution < -0.4 is 14.2 Å². The molecule has 0 heterocycles. The smallest absolute Gasteiger partial charge is 0.130 e. The van der Waals surface area contributed by atoms with Crippen molar-refractivity contribution in [2.75, 3.05) is 19.8 Å². The SMILES string of the molecule is CCOc1cc(OCC)c(CBr)c(OCC)c1. The van der Waals surface area contributed by atoms with E-state index in [2.05, 4.69) is 15.9 Å². The summed E-state index contributed by atoms with van der Waals surface area (Å²) in [6.07, 6.45) is 0. The molecular formula is C13H19BrO3. The van der Waals surface area contributed by atoms with Crippen LogP contribution in [0.25, 0.3) is 0 Å². The first kappa shape index (κ1) is 14.2. The molecule has 96 valence electrons. The molecule has 17 heavy (non-hydrogen) atoms. The normalized spacial score (nSPS) is 10.1. The fourth-order valence-electron chi connectivity index (χ4n) is 1.55. The van der Waals surface area contributed by atoms with E-state index in [0.29, 0.717) is 25.2 Å². The molecule has 1 aromatic rings. The number of halogens is 1. The molecule has 0 aliphatic heterocycles. The van der Waals surface area contributed by atoms with Crippen LogP contribution in [0.15, 0.2) is 12.1 Å². The van der Waals surface area contributed by atoms with Crippen LogP contribution in [0.4, 0.5) is 0 Å². The highest BCUT2D eigenvalue weighted by atomic mass is 79.9. The number of hydrogen-bond acceptors (Lipinski definition) is 3. The molecule has 0 spiro atoms. The molecule has 0 unspecified atom stereocenters. The minimum Gasteiger partial charge on any atom is -0.494 e. The van der Waals surface area contributed by atoms with Crippen LogP contribution in [0.2, 0.25) is 0 Å². The Morgan fingerprint density at radius 2 is 1.35 bits per heavy atom. The average Bonchev–Trinajstić information content (AvgIpc) is 2.30. The summed E-state index contributed by atoms with van der Waals surface area (Å²) < 4.78 is 16.7. The molecule has 0 atom stereocenters. The fraction of sp³-hybridized carbons (Fsp3) is 0.538. The number of ether oxygens (including phenoxy) is 3. The van der Waals surface area contributed by atoms with Gasteiger partial charge >= 0.3 is 0 Å². The van der Waals surface area contributed by atoms with Crippen molar-refractivity contribution in [2.24, 2.45) is 0 Å². The molecule has 0 saturated carbocycles. The quantitative estimate of drug-likeness (QED) is 0.718. The van der Waals surface area contributed by atoms with Gasteiger partial charge in [0.15, 0.2) is 0 Å². The maximum Gasteiger partial charge on any atom is 0.130 e. The lowest BCUT2D eigenvalue weighted by Crippen LogP contribution is -2.02. The van der Waals surface area contributed by atoms with E-state index >= 15 is 0 Å². The maximum absolute atomic E-state index is 5.61. The Kier molecular flexibility index (Phi) is 6.19. The second-order valence-corrected chi connectivity index (χ2v) is 3.89. The predicted octanol–water partition coefficient (Wildman–Crippen LogP) is 3.78. The van der Waals surface area contributed by atoms with Gasteiger partial charge in [-0.25, -0.2) is 0 Å². The third-order valence-corrected chi connectivity index (χ3v) is 2.75. The van der Waals surface area contributed by atoms with E-state index in [0.717, 1.165) is 22.8 Å². The third-order valence-electron chi connectivity index (χ3n) is 2.19. The Hall–Kier alpha value is -0.900. The van der Waals surface area contributed by atoms with Crippen LogP contribution in [0.5, 0.6) is 17.2 Å². The number of rotatable bonds is 7. The molecule has 0 bridgehead atoms. The Balaban J connectivity index is 3.14. The third kappa shape index (κ3) is 3.80. The maximum atomic E-state index is 5.61. The molecule has 0 radical (unpaired) electrons. The summed E-state index contributed by atoms with van der Waals surface area (Å²) in [4.78, 5) is 0. The zero-order valence-electron chi connectivity index (χ0n) is 10.6. The van der Waals surface area contributed by atoms with E-state index in [1.54, 1.807) is 0 Å². The van der Waals surface area contributed by atoms with Gasteiger partial charge in [0.1, 0.15) is 17.2 Å². The van der Waals surface area contributed by atoms with Gasteiger partial charge in [0.2, 0.25) is 0 Å². The molecule has 1 rings (SSSR count). The molecule has 0 aromatic heterocycles. The van der Waals surface area contributed by atoms with Gasteiger partial charge in [-0.2, -0.15) is 0 Å². The zero-order valence-corrected chi connectivity index (χ0v) is 12.2.